The summed E-state index contributed by atoms with van der Waals surface area (Å²) in [5.41, 5.74) is 0. The number of rotatable bonds is 0. The second-order valence-corrected chi connectivity index (χ2v) is 0. The van der Waals surface area contributed by atoms with Gasteiger partial charge in [0, 0.05) is 0 Å². The summed E-state index contributed by atoms with van der Waals surface area (Å²) in [6.07, 6.45) is 0. The SMILES string of the molecule is F.F.F.F.S.S. The molecule has 0 saturated carbocycles. The van der Waals surface area contributed by atoms with Crippen molar-refractivity contribution in [2.24, 2.45) is 0 Å². The molecule has 0 aromatic heterocycles. The molecule has 0 fully saturated rings. The minimum Gasteiger partial charge on any atom is -0.269 e. The highest BCUT2D eigenvalue weighted by atomic mass is 32.1. The van der Waals surface area contributed by atoms with Crippen molar-refractivity contribution in [2.75, 3.05) is 0 Å². The first-order chi connectivity index (χ1) is 0. The molecule has 0 unspecified atom stereocenters. The van der Waals surface area contributed by atoms with E-state index in [1.807, 2.05) is 0 Å². The van der Waals surface area contributed by atoms with E-state index in [1.165, 1.54) is 0 Å². The lowest BCUT2D eigenvalue weighted by Crippen LogP contribution is 0.419. The largest absolute Gasteiger partial charge is 0.269 e. The summed E-state index contributed by atoms with van der Waals surface area (Å²) in [6.45, 7) is 0. The van der Waals surface area contributed by atoms with E-state index in [0.717, 1.165) is 0 Å². The van der Waals surface area contributed by atoms with Crippen LogP contribution < -0.4 is 0 Å². The Morgan fingerprint density at radius 1 is 0.333 bits per heavy atom. The highest BCUT2D eigenvalue weighted by Gasteiger charge is -0.196. The molecule has 0 N–H and O–H groups in total. The van der Waals surface area contributed by atoms with Crippen LogP contribution in [0.15, 0.2) is 0 Å². The summed E-state index contributed by atoms with van der Waals surface area (Å²) in [4.78, 5) is 0. The lowest BCUT2D eigenvalue weighted by molar-refractivity contribution is 1.11. The maximum Gasteiger partial charge on any atom is -0.197 e. The van der Waals surface area contributed by atoms with Gasteiger partial charge >= 0.3 is 0 Å². The predicted octanol–water partition coefficient (Wildman–Crippen LogP) is 0.836. The summed E-state index contributed by atoms with van der Waals surface area (Å²) < 4.78 is 0. The summed E-state index contributed by atoms with van der Waals surface area (Å²) in [6, 6.07) is 0. The van der Waals surface area contributed by atoms with Gasteiger partial charge in [0.1, 0.15) is 0 Å². The molecule has 0 radical (unpaired) electrons. The van der Waals surface area contributed by atoms with E-state index in [0.29, 0.717) is 0 Å². The van der Waals surface area contributed by atoms with Crippen LogP contribution in [0.25, 0.3) is 0 Å². The van der Waals surface area contributed by atoms with Gasteiger partial charge in [0.05, 0.1) is 0 Å². The van der Waals surface area contributed by atoms with Crippen molar-refractivity contribution in [3.8, 4) is 0 Å². The molecule has 0 atom stereocenters. The van der Waals surface area contributed by atoms with Gasteiger partial charge in [0.2, 0.25) is 0 Å². The summed E-state index contributed by atoms with van der Waals surface area (Å²) >= 11 is 0. The van der Waals surface area contributed by atoms with Crippen LogP contribution in [-0.2, 0) is 0 Å². The molecule has 0 heterocycles. The Morgan fingerprint density at radius 3 is 0.333 bits per heavy atom. The van der Waals surface area contributed by atoms with Crippen LogP contribution in [0.4, 0.5) is 18.8 Å². The minimum atomic E-state index is 0. The molecule has 48 valence electrons. The fourth-order valence-electron chi connectivity index (χ4n) is 0. The Hall–Kier alpha value is 0.420. The number of hydrogen-bond acceptors (Lipinski definition) is 0. The van der Waals surface area contributed by atoms with Crippen LogP contribution in [0.3, 0.4) is 0 Å². The van der Waals surface area contributed by atoms with Crippen LogP contribution >= 0.6 is 27.0 Å². The van der Waals surface area contributed by atoms with Gasteiger partial charge in [-0.05, 0) is 0 Å². The average Bonchev–Trinajstić information content (AvgIpc) is 0. The Balaban J connectivity index is 0. The van der Waals surface area contributed by atoms with Crippen molar-refractivity contribution in [3.05, 3.63) is 0 Å². The van der Waals surface area contributed by atoms with Crippen molar-refractivity contribution in [1.29, 1.82) is 0 Å². The molecule has 0 rings (SSSR count). The van der Waals surface area contributed by atoms with Gasteiger partial charge < -0.3 is 0 Å². The highest BCUT2D eigenvalue weighted by molar-refractivity contribution is 7.59. The quantitative estimate of drug-likeness (QED) is 0.446. The fraction of sp³-hybridized carbons (Fsp3) is 0. The van der Waals surface area contributed by atoms with E-state index in [2.05, 4.69) is 0 Å². The van der Waals surface area contributed by atoms with Gasteiger partial charge in [-0.3, -0.25) is 18.8 Å². The molecule has 6 heteroatoms. The topological polar surface area (TPSA) is 0 Å². The first-order valence-electron chi connectivity index (χ1n) is 0. The normalized spacial score (nSPS) is 0. The Kier molecular flexibility index (Phi) is 107000. The highest BCUT2D eigenvalue weighted by Crippen LogP contribution is 0.649. The molecule has 0 amide bonds. The fourth-order valence-corrected chi connectivity index (χ4v) is 0. The van der Waals surface area contributed by atoms with E-state index < -0.39 is 0 Å². The van der Waals surface area contributed by atoms with Gasteiger partial charge in [-0.1, -0.05) is 0 Å². The van der Waals surface area contributed by atoms with Gasteiger partial charge in [-0.2, -0.15) is 27.0 Å². The van der Waals surface area contributed by atoms with E-state index in [-0.39, 0.29) is 45.8 Å². The predicted molar refractivity (Wildman–Crippen MR) is 30.8 cm³/mol. The second kappa shape index (κ2) is 600. The van der Waals surface area contributed by atoms with Gasteiger partial charge in [-0.15, -0.1) is 0 Å². The molecule has 0 aromatic rings. The monoisotopic (exact) mass is 148 g/mol. The molecule has 6 heavy (non-hydrogen) atoms. The van der Waals surface area contributed by atoms with Crippen molar-refractivity contribution >= 4 is 27.0 Å². The first-order valence-corrected chi connectivity index (χ1v) is 0. The van der Waals surface area contributed by atoms with Gasteiger partial charge in [0.25, 0.3) is 0 Å². The molecule has 0 aliphatic carbocycles. The third kappa shape index (κ3) is 293. The van der Waals surface area contributed by atoms with Crippen molar-refractivity contribution < 1.29 is 18.8 Å². The van der Waals surface area contributed by atoms with E-state index in [1.54, 1.807) is 0 Å². The second-order valence-electron chi connectivity index (χ2n) is 0. The summed E-state index contributed by atoms with van der Waals surface area (Å²) in [5, 5.41) is 0. The van der Waals surface area contributed by atoms with Gasteiger partial charge in [-0.25, -0.2) is 0 Å². The first kappa shape index (κ1) is 1070. The zero-order valence-corrected chi connectivity index (χ0v) is 4.63. The van der Waals surface area contributed by atoms with Crippen LogP contribution in [0.2, 0.25) is 0 Å². The van der Waals surface area contributed by atoms with E-state index in [9.17, 15) is 0 Å². The molecular formula is H8F4S2. The van der Waals surface area contributed by atoms with Crippen LogP contribution in [0, 0.1) is 0 Å². The van der Waals surface area contributed by atoms with Crippen molar-refractivity contribution in [1.82, 2.24) is 0 Å². The Labute approximate surface area is 46.7 Å². The molecule has 0 aromatic carbocycles. The molecule has 0 saturated heterocycles. The summed E-state index contributed by atoms with van der Waals surface area (Å²) in [7, 11) is 0. The lowest BCUT2D eigenvalue weighted by Gasteiger charge is -0.270. The van der Waals surface area contributed by atoms with Crippen LogP contribution in [0.1, 0.15) is 0 Å². The number of hydrogen-bond donors (Lipinski definition) is 0. The van der Waals surface area contributed by atoms with E-state index >= 15 is 0 Å². The van der Waals surface area contributed by atoms with Gasteiger partial charge in [0.15, 0.2) is 0 Å². The third-order valence-electron chi connectivity index (χ3n) is 0. The van der Waals surface area contributed by atoms with Crippen molar-refractivity contribution in [2.45, 2.75) is 0 Å². The zero-order chi connectivity index (χ0) is 0. The molecule has 0 nitrogen and oxygen atoms in total. The number of halogens is 4. The van der Waals surface area contributed by atoms with Crippen molar-refractivity contribution in [3.63, 3.8) is 0 Å². The Morgan fingerprint density at radius 2 is 0.333 bits per heavy atom. The smallest absolute Gasteiger partial charge is 0.197 e. The molecule has 0 bridgehead atoms. The summed E-state index contributed by atoms with van der Waals surface area (Å²) in [5.74, 6) is 0. The molecule has 0 aliphatic rings. The molecular weight excluding hydrogens is 140 g/mol. The average molecular weight is 148 g/mol. The molecule has 0 spiro atoms. The standard InChI is InChI=1S/4FH.2H2S/h4*1H;2*1H2. The van der Waals surface area contributed by atoms with Crippen LogP contribution in [-0.4, -0.2) is 0 Å². The molecule has 0 aliphatic heterocycles. The third-order valence-corrected chi connectivity index (χ3v) is 0. The maximum absolute atomic E-state index is 0. The zero-order valence-electron chi connectivity index (χ0n) is 2.63. The minimum absolute atomic E-state index is 0. The van der Waals surface area contributed by atoms with Crippen LogP contribution in [0.5, 0.6) is 0 Å². The van der Waals surface area contributed by atoms with E-state index in [4.69, 9.17) is 0 Å². The Bertz CT molecular complexity index is 5.51. The lowest BCUT2D eigenvalue weighted by atomic mass is 19.0. The maximum atomic E-state index is 0.